The van der Waals surface area contributed by atoms with Crippen molar-refractivity contribution in [3.05, 3.63) is 53.1 Å². The van der Waals surface area contributed by atoms with Crippen molar-refractivity contribution >= 4 is 6.08 Å². The molecule has 1 heterocycles. The van der Waals surface area contributed by atoms with Crippen LogP contribution in [0.5, 0.6) is 23.0 Å². The molecular formula is C21H24O6. The summed E-state index contributed by atoms with van der Waals surface area (Å²) in [6, 6.07) is 8.76. The molecule has 144 valence electrons. The molecule has 0 radical (unpaired) electrons. The third-order valence-electron chi connectivity index (χ3n) is 4.98. The fourth-order valence-electron chi connectivity index (χ4n) is 3.46. The lowest BCUT2D eigenvalue weighted by Crippen LogP contribution is -2.32. The smallest absolute Gasteiger partial charge is 0.166 e. The first kappa shape index (κ1) is 19.1. The maximum atomic E-state index is 10.3. The minimum atomic E-state index is -0.729. The Bertz CT molecular complexity index is 860. The van der Waals surface area contributed by atoms with Crippen LogP contribution in [0.2, 0.25) is 0 Å². The molecule has 0 saturated heterocycles. The number of aromatic hydroxyl groups is 1. The molecule has 6 nitrogen and oxygen atoms in total. The van der Waals surface area contributed by atoms with Crippen molar-refractivity contribution in [3.8, 4) is 23.0 Å². The van der Waals surface area contributed by atoms with Gasteiger partial charge in [-0.05, 0) is 42.3 Å². The van der Waals surface area contributed by atoms with Crippen LogP contribution in [-0.2, 0) is 5.41 Å². The van der Waals surface area contributed by atoms with Gasteiger partial charge in [0.1, 0.15) is 6.10 Å². The molecule has 0 bridgehead atoms. The first-order valence-corrected chi connectivity index (χ1v) is 8.62. The summed E-state index contributed by atoms with van der Waals surface area (Å²) in [5, 5.41) is 29.2. The van der Waals surface area contributed by atoms with Gasteiger partial charge >= 0.3 is 0 Å². The van der Waals surface area contributed by atoms with Crippen molar-refractivity contribution in [2.45, 2.75) is 18.4 Å². The van der Waals surface area contributed by atoms with Gasteiger partial charge in [-0.15, -0.1) is 0 Å². The second-order valence-electron chi connectivity index (χ2n) is 6.69. The lowest BCUT2D eigenvalue weighted by molar-refractivity contribution is 0.0982. The summed E-state index contributed by atoms with van der Waals surface area (Å²) >= 11 is 0. The molecule has 3 N–H and O–H groups in total. The average Bonchev–Trinajstić information content (AvgIpc) is 2.99. The maximum absolute atomic E-state index is 10.3. The molecule has 0 spiro atoms. The summed E-state index contributed by atoms with van der Waals surface area (Å²) in [5.74, 6) is 1.51. The number of aliphatic hydroxyl groups excluding tert-OH is 2. The fraction of sp³-hybridized carbons (Fsp3) is 0.333. The molecule has 0 aromatic heterocycles. The van der Waals surface area contributed by atoms with Crippen molar-refractivity contribution in [2.24, 2.45) is 0 Å². The Morgan fingerprint density at radius 1 is 1.11 bits per heavy atom. The van der Waals surface area contributed by atoms with E-state index in [0.717, 1.165) is 16.7 Å². The van der Waals surface area contributed by atoms with E-state index in [2.05, 4.69) is 0 Å². The molecule has 6 heteroatoms. The molecule has 0 amide bonds. The molecule has 27 heavy (non-hydrogen) atoms. The Hall–Kier alpha value is -2.70. The highest BCUT2D eigenvalue weighted by molar-refractivity contribution is 5.63. The molecule has 3 rings (SSSR count). The van der Waals surface area contributed by atoms with Crippen molar-refractivity contribution in [2.75, 3.05) is 27.4 Å². The number of rotatable bonds is 6. The fourth-order valence-corrected chi connectivity index (χ4v) is 3.46. The normalized spacial score (nSPS) is 21.1. The van der Waals surface area contributed by atoms with Crippen molar-refractivity contribution in [1.29, 1.82) is 0 Å². The summed E-state index contributed by atoms with van der Waals surface area (Å²) in [6.45, 7) is 1.70. The van der Waals surface area contributed by atoms with E-state index in [4.69, 9.17) is 19.3 Å². The Balaban J connectivity index is 2.13. The number of hydrogen-bond acceptors (Lipinski definition) is 6. The highest BCUT2D eigenvalue weighted by Gasteiger charge is 2.47. The molecule has 0 aliphatic carbocycles. The van der Waals surface area contributed by atoms with E-state index in [9.17, 15) is 10.2 Å². The second kappa shape index (κ2) is 7.50. The molecule has 2 aromatic rings. The molecule has 1 aliphatic rings. The van der Waals surface area contributed by atoms with Crippen molar-refractivity contribution in [3.63, 3.8) is 0 Å². The zero-order chi connectivity index (χ0) is 19.6. The topological polar surface area (TPSA) is 88.4 Å². The SMILES string of the molecule is COc1cc(C2Oc3c(OC)cc(C=CCO)cc3C2(C)CO)ccc1O. The third-order valence-corrected chi connectivity index (χ3v) is 4.98. The monoisotopic (exact) mass is 372 g/mol. The van der Waals surface area contributed by atoms with Gasteiger partial charge in [0.2, 0.25) is 0 Å². The number of ether oxygens (including phenoxy) is 3. The van der Waals surface area contributed by atoms with Crippen LogP contribution in [0.25, 0.3) is 6.08 Å². The number of fused-ring (bicyclic) bond motifs is 1. The highest BCUT2D eigenvalue weighted by Crippen LogP contribution is 2.54. The Morgan fingerprint density at radius 3 is 2.48 bits per heavy atom. The number of phenols is 1. The molecule has 2 unspecified atom stereocenters. The van der Waals surface area contributed by atoms with Crippen LogP contribution in [0.15, 0.2) is 36.4 Å². The predicted molar refractivity (Wildman–Crippen MR) is 102 cm³/mol. The Kier molecular flexibility index (Phi) is 5.30. The highest BCUT2D eigenvalue weighted by atomic mass is 16.5. The number of phenolic OH excluding ortho intramolecular Hbond substituents is 1. The second-order valence-corrected chi connectivity index (χ2v) is 6.69. The minimum absolute atomic E-state index is 0.0384. The molecular weight excluding hydrogens is 348 g/mol. The molecule has 2 atom stereocenters. The largest absolute Gasteiger partial charge is 0.504 e. The van der Waals surface area contributed by atoms with Gasteiger partial charge in [-0.3, -0.25) is 0 Å². The zero-order valence-electron chi connectivity index (χ0n) is 15.6. The van der Waals surface area contributed by atoms with Crippen LogP contribution >= 0.6 is 0 Å². The van der Waals surface area contributed by atoms with Gasteiger partial charge in [0.15, 0.2) is 23.0 Å². The maximum Gasteiger partial charge on any atom is 0.166 e. The van der Waals surface area contributed by atoms with E-state index in [0.29, 0.717) is 17.2 Å². The van der Waals surface area contributed by atoms with Gasteiger partial charge in [0.05, 0.1) is 32.8 Å². The van der Waals surface area contributed by atoms with E-state index in [1.165, 1.54) is 7.11 Å². The quantitative estimate of drug-likeness (QED) is 0.723. The van der Waals surface area contributed by atoms with Gasteiger partial charge in [-0.2, -0.15) is 0 Å². The van der Waals surface area contributed by atoms with Crippen LogP contribution in [0, 0.1) is 0 Å². The van der Waals surface area contributed by atoms with Crippen LogP contribution in [0.4, 0.5) is 0 Å². The lowest BCUT2D eigenvalue weighted by atomic mass is 9.76. The van der Waals surface area contributed by atoms with Crippen LogP contribution < -0.4 is 14.2 Å². The molecule has 1 aliphatic heterocycles. The first-order valence-electron chi connectivity index (χ1n) is 8.62. The first-order chi connectivity index (χ1) is 13.0. The number of benzene rings is 2. The summed E-state index contributed by atoms with van der Waals surface area (Å²) < 4.78 is 16.9. The van der Waals surface area contributed by atoms with Gasteiger partial charge < -0.3 is 29.5 Å². The third kappa shape index (κ3) is 3.22. The van der Waals surface area contributed by atoms with Crippen LogP contribution in [0.1, 0.15) is 29.7 Å². The van der Waals surface area contributed by atoms with Gasteiger partial charge in [-0.1, -0.05) is 18.2 Å². The molecule has 0 saturated carbocycles. The van der Waals surface area contributed by atoms with Crippen LogP contribution in [0.3, 0.4) is 0 Å². The van der Waals surface area contributed by atoms with E-state index in [1.807, 2.05) is 19.1 Å². The standard InChI is InChI=1S/C21H24O6/c1-21(12-23)15-9-13(5-4-8-22)10-18(26-3)19(15)27-20(21)14-6-7-16(24)17(11-14)25-2/h4-7,9-11,20,22-24H,8,12H2,1-3H3. The summed E-state index contributed by atoms with van der Waals surface area (Å²) in [7, 11) is 3.04. The summed E-state index contributed by atoms with van der Waals surface area (Å²) in [6.07, 6.45) is 2.94. The summed E-state index contributed by atoms with van der Waals surface area (Å²) in [5.41, 5.74) is 1.70. The van der Waals surface area contributed by atoms with Gasteiger partial charge in [-0.25, -0.2) is 0 Å². The van der Waals surface area contributed by atoms with E-state index >= 15 is 0 Å². The predicted octanol–water partition coefficient (Wildman–Crippen LogP) is 2.80. The number of hydrogen-bond donors (Lipinski definition) is 3. The van der Waals surface area contributed by atoms with Gasteiger partial charge in [0, 0.05) is 5.56 Å². The average molecular weight is 372 g/mol. The van der Waals surface area contributed by atoms with Crippen molar-refractivity contribution in [1.82, 2.24) is 0 Å². The molecule has 0 fully saturated rings. The van der Waals surface area contributed by atoms with E-state index < -0.39 is 11.5 Å². The van der Waals surface area contributed by atoms with Gasteiger partial charge in [0.25, 0.3) is 0 Å². The number of aliphatic hydroxyl groups is 2. The lowest BCUT2D eigenvalue weighted by Gasteiger charge is -2.29. The Morgan fingerprint density at radius 2 is 1.85 bits per heavy atom. The molecule has 2 aromatic carbocycles. The van der Waals surface area contributed by atoms with Crippen molar-refractivity contribution < 1.29 is 29.5 Å². The van der Waals surface area contributed by atoms with E-state index in [-0.39, 0.29) is 19.0 Å². The van der Waals surface area contributed by atoms with Crippen LogP contribution in [-0.4, -0.2) is 42.8 Å². The zero-order valence-corrected chi connectivity index (χ0v) is 15.6. The Labute approximate surface area is 158 Å². The van der Waals surface area contributed by atoms with E-state index in [1.54, 1.807) is 37.5 Å². The summed E-state index contributed by atoms with van der Waals surface area (Å²) in [4.78, 5) is 0. The number of methoxy groups -OCH3 is 2. The minimum Gasteiger partial charge on any atom is -0.504 e.